The number of aliphatic carboxylic acids is 1. The fraction of sp³-hybridized carbons (Fsp3) is 0.333. The van der Waals surface area contributed by atoms with E-state index in [1.54, 1.807) is 0 Å². The zero-order valence-electron chi connectivity index (χ0n) is 6.32. The first-order chi connectivity index (χ1) is 5.57. The third-order valence-electron chi connectivity index (χ3n) is 0.938. The largest absolute Gasteiger partial charge is 0.480 e. The fourth-order valence-corrected chi connectivity index (χ4v) is 0.947. The molecule has 0 aromatic heterocycles. The van der Waals surface area contributed by atoms with Gasteiger partial charge in [-0.25, -0.2) is 0 Å². The summed E-state index contributed by atoms with van der Waals surface area (Å²) < 4.78 is 2.33. The van der Waals surface area contributed by atoms with Crippen LogP contribution in [-0.2, 0) is 9.59 Å². The number of carbonyl (C=O) groups excluding carboxylic acids is 1. The van der Waals surface area contributed by atoms with Gasteiger partial charge in [-0.3, -0.25) is 14.3 Å². The maximum atomic E-state index is 10.5. The Hall–Kier alpha value is -1.01. The topological polar surface area (TPSA) is 92.4 Å². The van der Waals surface area contributed by atoms with E-state index in [9.17, 15) is 9.59 Å². The summed E-state index contributed by atoms with van der Waals surface area (Å²) in [4.78, 5) is 20.7. The molecule has 0 radical (unpaired) electrons. The Kier molecular flexibility index (Phi) is 5.14. The van der Waals surface area contributed by atoms with Crippen molar-refractivity contribution in [2.45, 2.75) is 6.04 Å². The van der Waals surface area contributed by atoms with Crippen molar-refractivity contribution in [2.75, 3.05) is 5.75 Å². The van der Waals surface area contributed by atoms with Gasteiger partial charge >= 0.3 is 5.97 Å². The molecule has 6 heteroatoms. The van der Waals surface area contributed by atoms with Crippen LogP contribution < -0.4 is 10.5 Å². The minimum absolute atomic E-state index is 0.134. The predicted molar refractivity (Wildman–Crippen MR) is 46.4 cm³/mol. The Morgan fingerprint density at radius 3 is 2.75 bits per heavy atom. The van der Waals surface area contributed by atoms with Crippen LogP contribution in [0, 0.1) is 0 Å². The lowest BCUT2D eigenvalue weighted by molar-refractivity contribution is -0.137. The molecular weight excluding hydrogens is 180 g/mol. The number of hydrogen-bond donors (Lipinski definition) is 3. The van der Waals surface area contributed by atoms with Crippen LogP contribution in [0.25, 0.3) is 0 Å². The minimum Gasteiger partial charge on any atom is -0.480 e. The molecule has 0 fully saturated rings. The molecule has 1 amide bonds. The summed E-state index contributed by atoms with van der Waals surface area (Å²) in [5, 5.41) is 8.33. The SMILES string of the molecule is C=CC(=O)NSC[C@H](N)C(=O)O. The van der Waals surface area contributed by atoms with Gasteiger partial charge in [0.25, 0.3) is 5.91 Å². The molecule has 1 atom stereocenters. The molecule has 0 unspecified atom stereocenters. The van der Waals surface area contributed by atoms with Crippen molar-refractivity contribution in [3.8, 4) is 0 Å². The van der Waals surface area contributed by atoms with Crippen molar-refractivity contribution in [1.29, 1.82) is 0 Å². The summed E-state index contributed by atoms with van der Waals surface area (Å²) in [5.41, 5.74) is 5.15. The zero-order valence-corrected chi connectivity index (χ0v) is 7.13. The van der Waals surface area contributed by atoms with Gasteiger partial charge in [0.2, 0.25) is 0 Å². The van der Waals surface area contributed by atoms with Crippen LogP contribution in [0.15, 0.2) is 12.7 Å². The molecule has 0 saturated carbocycles. The van der Waals surface area contributed by atoms with Crippen molar-refractivity contribution in [2.24, 2.45) is 5.73 Å². The highest BCUT2D eigenvalue weighted by Gasteiger charge is 2.10. The number of carbonyl (C=O) groups is 2. The maximum Gasteiger partial charge on any atom is 0.321 e. The van der Waals surface area contributed by atoms with Gasteiger partial charge in [0.15, 0.2) is 0 Å². The second-order valence-corrected chi connectivity index (χ2v) is 2.75. The van der Waals surface area contributed by atoms with E-state index in [0.29, 0.717) is 0 Å². The van der Waals surface area contributed by atoms with Crippen molar-refractivity contribution >= 4 is 23.8 Å². The van der Waals surface area contributed by atoms with Gasteiger partial charge in [0.05, 0.1) is 0 Å². The molecule has 0 spiro atoms. The summed E-state index contributed by atoms with van der Waals surface area (Å²) >= 11 is 0.946. The number of hydrogen-bond acceptors (Lipinski definition) is 4. The van der Waals surface area contributed by atoms with Crippen LogP contribution in [0.3, 0.4) is 0 Å². The summed E-state index contributed by atoms with van der Waals surface area (Å²) in [6.07, 6.45) is 1.10. The molecule has 0 saturated heterocycles. The highest BCUT2D eigenvalue weighted by Crippen LogP contribution is 1.95. The summed E-state index contributed by atoms with van der Waals surface area (Å²) in [7, 11) is 0. The smallest absolute Gasteiger partial charge is 0.321 e. The average Bonchev–Trinajstić information content (AvgIpc) is 2.03. The van der Waals surface area contributed by atoms with Gasteiger partial charge in [-0.05, 0) is 18.0 Å². The first kappa shape index (κ1) is 11.0. The normalized spacial score (nSPS) is 11.8. The predicted octanol–water partition coefficient (Wildman–Crippen LogP) is -0.651. The van der Waals surface area contributed by atoms with E-state index in [4.69, 9.17) is 10.8 Å². The van der Waals surface area contributed by atoms with Crippen LogP contribution >= 0.6 is 11.9 Å². The van der Waals surface area contributed by atoms with Crippen molar-refractivity contribution in [3.63, 3.8) is 0 Å². The highest BCUT2D eigenvalue weighted by molar-refractivity contribution is 7.98. The number of rotatable bonds is 5. The number of amides is 1. The number of nitrogens with one attached hydrogen (secondary N) is 1. The zero-order chi connectivity index (χ0) is 9.56. The molecule has 68 valence electrons. The van der Waals surface area contributed by atoms with E-state index in [-0.39, 0.29) is 11.7 Å². The van der Waals surface area contributed by atoms with Crippen LogP contribution in [0.4, 0.5) is 0 Å². The van der Waals surface area contributed by atoms with Gasteiger partial charge in [-0.15, -0.1) is 0 Å². The van der Waals surface area contributed by atoms with Crippen molar-refractivity contribution < 1.29 is 14.7 Å². The van der Waals surface area contributed by atoms with E-state index in [2.05, 4.69) is 11.3 Å². The molecule has 0 heterocycles. The Morgan fingerprint density at radius 2 is 2.33 bits per heavy atom. The molecule has 0 rings (SSSR count). The lowest BCUT2D eigenvalue weighted by Crippen LogP contribution is -2.33. The van der Waals surface area contributed by atoms with Crippen molar-refractivity contribution in [3.05, 3.63) is 12.7 Å². The first-order valence-electron chi connectivity index (χ1n) is 3.10. The minimum atomic E-state index is -1.09. The van der Waals surface area contributed by atoms with E-state index in [1.165, 1.54) is 0 Å². The second kappa shape index (κ2) is 5.62. The molecule has 12 heavy (non-hydrogen) atoms. The molecule has 4 N–H and O–H groups in total. The van der Waals surface area contributed by atoms with E-state index >= 15 is 0 Å². The maximum absolute atomic E-state index is 10.5. The number of carboxylic acids is 1. The lowest BCUT2D eigenvalue weighted by Gasteiger charge is -2.04. The molecule has 0 aliphatic carbocycles. The van der Waals surface area contributed by atoms with E-state index < -0.39 is 12.0 Å². The van der Waals surface area contributed by atoms with Gasteiger partial charge in [0.1, 0.15) is 6.04 Å². The lowest BCUT2D eigenvalue weighted by atomic mass is 10.4. The Bertz CT molecular complexity index is 195. The number of nitrogens with two attached hydrogens (primary N) is 1. The van der Waals surface area contributed by atoms with Gasteiger partial charge in [-0.2, -0.15) is 0 Å². The second-order valence-electron chi connectivity index (χ2n) is 1.93. The first-order valence-corrected chi connectivity index (χ1v) is 4.09. The Labute approximate surface area is 74.1 Å². The summed E-state index contributed by atoms with van der Waals surface area (Å²) in [6.45, 7) is 3.22. The van der Waals surface area contributed by atoms with Gasteiger partial charge in [0, 0.05) is 5.75 Å². The molecule has 0 aliphatic rings. The van der Waals surface area contributed by atoms with Crippen molar-refractivity contribution in [1.82, 2.24) is 4.72 Å². The molecule has 0 aromatic rings. The molecule has 0 aromatic carbocycles. The Morgan fingerprint density at radius 1 is 1.75 bits per heavy atom. The van der Waals surface area contributed by atoms with Gasteiger partial charge < -0.3 is 10.8 Å². The molecule has 0 bridgehead atoms. The van der Waals surface area contributed by atoms with Crippen LogP contribution in [0.5, 0.6) is 0 Å². The number of carboxylic acid groups (broad SMARTS) is 1. The molecule has 0 aliphatic heterocycles. The highest BCUT2D eigenvalue weighted by atomic mass is 32.2. The van der Waals surface area contributed by atoms with E-state index in [1.807, 2.05) is 0 Å². The standard InChI is InChI=1S/C6H10N2O3S/c1-2-5(9)8-12-3-4(7)6(10)11/h2,4H,1,3,7H2,(H,8,9)(H,10,11)/t4-/m0/s1. The van der Waals surface area contributed by atoms with Crippen LogP contribution in [-0.4, -0.2) is 28.8 Å². The fourth-order valence-electron chi connectivity index (χ4n) is 0.316. The third-order valence-corrected chi connectivity index (χ3v) is 1.81. The monoisotopic (exact) mass is 190 g/mol. The summed E-state index contributed by atoms with van der Waals surface area (Å²) in [6, 6.07) is -0.958. The van der Waals surface area contributed by atoms with Crippen LogP contribution in [0.1, 0.15) is 0 Å². The molecule has 5 nitrogen and oxygen atoms in total. The summed E-state index contributed by atoms with van der Waals surface area (Å²) in [5.74, 6) is -1.32. The molecular formula is C6H10N2O3S. The average molecular weight is 190 g/mol. The Balaban J connectivity index is 3.49. The van der Waals surface area contributed by atoms with Gasteiger partial charge in [-0.1, -0.05) is 6.58 Å². The van der Waals surface area contributed by atoms with Crippen LogP contribution in [0.2, 0.25) is 0 Å². The van der Waals surface area contributed by atoms with E-state index in [0.717, 1.165) is 18.0 Å². The quantitative estimate of drug-likeness (QED) is 0.395. The third kappa shape index (κ3) is 4.75.